The highest BCUT2D eigenvalue weighted by Crippen LogP contribution is 2.17. The van der Waals surface area contributed by atoms with Crippen LogP contribution >= 0.6 is 12.2 Å². The lowest BCUT2D eigenvalue weighted by molar-refractivity contribution is 0.0911. The van der Waals surface area contributed by atoms with E-state index in [2.05, 4.69) is 5.32 Å². The van der Waals surface area contributed by atoms with Crippen molar-refractivity contribution < 1.29 is 5.11 Å². The Bertz CT molecular complexity index is 186. The summed E-state index contributed by atoms with van der Waals surface area (Å²) in [5.74, 6) is 0. The Balaban J connectivity index is 2.38. The Morgan fingerprint density at radius 3 is 2.85 bits per heavy atom. The zero-order valence-corrected chi connectivity index (χ0v) is 8.81. The number of nitrogens with two attached hydrogens (primary N) is 1. The molecule has 4 heteroatoms. The normalized spacial score (nSPS) is 34.2. The molecule has 0 aromatic carbocycles. The molecule has 0 aliphatic heterocycles. The van der Waals surface area contributed by atoms with Gasteiger partial charge >= 0.3 is 0 Å². The largest absolute Gasteiger partial charge is 0.391 e. The minimum absolute atomic E-state index is 0.118. The minimum Gasteiger partial charge on any atom is -0.391 e. The van der Waals surface area contributed by atoms with Gasteiger partial charge in [-0.25, -0.2) is 0 Å². The van der Waals surface area contributed by atoms with Crippen molar-refractivity contribution in [3.05, 3.63) is 0 Å². The van der Waals surface area contributed by atoms with E-state index in [0.29, 0.717) is 6.42 Å². The fourth-order valence-electron chi connectivity index (χ4n) is 1.66. The zero-order valence-electron chi connectivity index (χ0n) is 7.99. The second-order valence-corrected chi connectivity index (χ2v) is 4.16. The lowest BCUT2D eigenvalue weighted by atomic mass is 9.89. The highest BCUT2D eigenvalue weighted by atomic mass is 32.1. The number of nitrogens with one attached hydrogen (secondary N) is 1. The van der Waals surface area contributed by atoms with Gasteiger partial charge in [-0.2, -0.15) is 0 Å². The van der Waals surface area contributed by atoms with Crippen LogP contribution in [0.15, 0.2) is 0 Å². The van der Waals surface area contributed by atoms with Gasteiger partial charge in [-0.15, -0.1) is 0 Å². The molecule has 0 aromatic rings. The fourth-order valence-corrected chi connectivity index (χ4v) is 1.81. The molecule has 0 spiro atoms. The molecule has 0 heterocycles. The lowest BCUT2D eigenvalue weighted by Gasteiger charge is -2.32. The van der Waals surface area contributed by atoms with E-state index >= 15 is 0 Å². The fraction of sp³-hybridized carbons (Fsp3) is 0.889. The topological polar surface area (TPSA) is 58.3 Å². The maximum absolute atomic E-state index is 9.68. The van der Waals surface area contributed by atoms with Gasteiger partial charge in [-0.3, -0.25) is 0 Å². The second kappa shape index (κ2) is 4.88. The summed E-state index contributed by atoms with van der Waals surface area (Å²) in [7, 11) is 0. The summed E-state index contributed by atoms with van der Waals surface area (Å²) in [6.45, 7) is 2.01. The third-order valence-electron chi connectivity index (χ3n) is 2.52. The Labute approximate surface area is 84.7 Å². The number of aliphatic hydroxyl groups is 1. The third-order valence-corrected chi connectivity index (χ3v) is 2.93. The van der Waals surface area contributed by atoms with Gasteiger partial charge < -0.3 is 16.2 Å². The molecule has 1 rings (SSSR count). The maximum atomic E-state index is 9.68. The van der Waals surface area contributed by atoms with Gasteiger partial charge in [0.2, 0.25) is 0 Å². The SMILES string of the molecule is CCC(=S)NC1CCC(N)CC1O. The summed E-state index contributed by atoms with van der Waals surface area (Å²) in [5, 5.41) is 12.8. The summed E-state index contributed by atoms with van der Waals surface area (Å²) in [6, 6.07) is 0.274. The van der Waals surface area contributed by atoms with Crippen LogP contribution in [0.3, 0.4) is 0 Å². The van der Waals surface area contributed by atoms with E-state index in [1.807, 2.05) is 6.92 Å². The van der Waals surface area contributed by atoms with Crippen LogP contribution in [0.5, 0.6) is 0 Å². The van der Waals surface area contributed by atoms with Crippen LogP contribution in [-0.4, -0.2) is 28.3 Å². The van der Waals surface area contributed by atoms with Crippen molar-refractivity contribution in [2.45, 2.75) is 50.8 Å². The summed E-state index contributed by atoms with van der Waals surface area (Å²) in [4.78, 5) is 0.833. The summed E-state index contributed by atoms with van der Waals surface area (Å²) in [5.41, 5.74) is 5.73. The van der Waals surface area contributed by atoms with Crippen LogP contribution in [0.2, 0.25) is 0 Å². The first kappa shape index (κ1) is 10.9. The van der Waals surface area contributed by atoms with Gasteiger partial charge in [0.05, 0.1) is 17.1 Å². The van der Waals surface area contributed by atoms with E-state index in [1.165, 1.54) is 0 Å². The van der Waals surface area contributed by atoms with Crippen LogP contribution < -0.4 is 11.1 Å². The van der Waals surface area contributed by atoms with Gasteiger partial charge in [-0.05, 0) is 25.7 Å². The predicted octanol–water partition coefficient (Wildman–Crippen LogP) is 0.554. The van der Waals surface area contributed by atoms with Gasteiger partial charge in [0.25, 0.3) is 0 Å². The first-order valence-corrected chi connectivity index (χ1v) is 5.27. The van der Waals surface area contributed by atoms with Crippen LogP contribution in [-0.2, 0) is 0 Å². The van der Waals surface area contributed by atoms with Crippen LogP contribution in [0, 0.1) is 0 Å². The summed E-state index contributed by atoms with van der Waals surface area (Å²) in [6.07, 6.45) is 3.08. The number of thiocarbonyl (C=S) groups is 1. The first-order chi connectivity index (χ1) is 6.13. The van der Waals surface area contributed by atoms with Crippen molar-refractivity contribution in [3.8, 4) is 0 Å². The highest BCUT2D eigenvalue weighted by molar-refractivity contribution is 7.80. The zero-order chi connectivity index (χ0) is 9.84. The highest BCUT2D eigenvalue weighted by Gasteiger charge is 2.27. The number of hydrogen-bond donors (Lipinski definition) is 3. The molecular weight excluding hydrogens is 184 g/mol. The molecule has 1 aliphatic carbocycles. The third kappa shape index (κ3) is 3.21. The Hall–Kier alpha value is -0.190. The molecular formula is C9H18N2OS. The Kier molecular flexibility index (Phi) is 4.09. The average Bonchev–Trinajstić information content (AvgIpc) is 2.09. The molecule has 13 heavy (non-hydrogen) atoms. The van der Waals surface area contributed by atoms with Crippen molar-refractivity contribution in [2.75, 3.05) is 0 Å². The molecule has 4 N–H and O–H groups in total. The van der Waals surface area contributed by atoms with Gasteiger partial charge in [-0.1, -0.05) is 19.1 Å². The van der Waals surface area contributed by atoms with E-state index in [1.54, 1.807) is 0 Å². The smallest absolute Gasteiger partial charge is 0.0756 e. The summed E-state index contributed by atoms with van der Waals surface area (Å²) < 4.78 is 0. The maximum Gasteiger partial charge on any atom is 0.0756 e. The number of hydrogen-bond acceptors (Lipinski definition) is 3. The van der Waals surface area contributed by atoms with E-state index in [9.17, 15) is 5.11 Å². The van der Waals surface area contributed by atoms with E-state index in [-0.39, 0.29) is 18.2 Å². The molecule has 1 fully saturated rings. The van der Waals surface area contributed by atoms with Crippen LogP contribution in [0.25, 0.3) is 0 Å². The van der Waals surface area contributed by atoms with Crippen molar-refractivity contribution >= 4 is 17.2 Å². The molecule has 0 saturated heterocycles. The minimum atomic E-state index is -0.340. The molecule has 3 atom stereocenters. The molecule has 0 bridgehead atoms. The van der Waals surface area contributed by atoms with Gasteiger partial charge in [0.1, 0.15) is 0 Å². The summed E-state index contributed by atoms with van der Waals surface area (Å²) >= 11 is 5.07. The molecule has 0 aromatic heterocycles. The van der Waals surface area contributed by atoms with Gasteiger partial charge in [0.15, 0.2) is 0 Å². The molecule has 0 radical (unpaired) electrons. The Morgan fingerprint density at radius 2 is 2.31 bits per heavy atom. The Morgan fingerprint density at radius 1 is 1.62 bits per heavy atom. The van der Waals surface area contributed by atoms with Crippen LogP contribution in [0.4, 0.5) is 0 Å². The monoisotopic (exact) mass is 202 g/mol. The molecule has 0 amide bonds. The van der Waals surface area contributed by atoms with Crippen LogP contribution in [0.1, 0.15) is 32.6 Å². The predicted molar refractivity (Wildman–Crippen MR) is 57.6 cm³/mol. The standard InChI is InChI=1S/C9H18N2OS/c1-2-9(13)11-7-4-3-6(10)5-8(7)12/h6-8,12H,2-5,10H2,1H3,(H,11,13). The van der Waals surface area contributed by atoms with E-state index < -0.39 is 0 Å². The quantitative estimate of drug-likeness (QED) is 0.573. The second-order valence-electron chi connectivity index (χ2n) is 3.67. The van der Waals surface area contributed by atoms with E-state index in [0.717, 1.165) is 24.3 Å². The van der Waals surface area contributed by atoms with Gasteiger partial charge in [0, 0.05) is 6.04 Å². The molecule has 3 nitrogen and oxygen atoms in total. The van der Waals surface area contributed by atoms with Crippen molar-refractivity contribution in [2.24, 2.45) is 5.73 Å². The van der Waals surface area contributed by atoms with Crippen molar-refractivity contribution in [3.63, 3.8) is 0 Å². The molecule has 1 saturated carbocycles. The molecule has 1 aliphatic rings. The van der Waals surface area contributed by atoms with E-state index in [4.69, 9.17) is 18.0 Å². The van der Waals surface area contributed by atoms with Crippen molar-refractivity contribution in [1.82, 2.24) is 5.32 Å². The number of aliphatic hydroxyl groups excluding tert-OH is 1. The van der Waals surface area contributed by atoms with Crippen molar-refractivity contribution in [1.29, 1.82) is 0 Å². The molecule has 3 unspecified atom stereocenters. The number of rotatable bonds is 2. The first-order valence-electron chi connectivity index (χ1n) is 4.86. The lowest BCUT2D eigenvalue weighted by Crippen LogP contribution is -2.48. The average molecular weight is 202 g/mol. The molecule has 76 valence electrons.